The number of amides is 1. The summed E-state index contributed by atoms with van der Waals surface area (Å²) in [5.41, 5.74) is 1.40. The molecule has 1 amide bonds. The molecule has 0 radical (unpaired) electrons. The highest BCUT2D eigenvalue weighted by molar-refractivity contribution is 5.92. The van der Waals surface area contributed by atoms with Crippen LogP contribution >= 0.6 is 0 Å². The molecule has 1 heterocycles. The highest BCUT2D eigenvalue weighted by atomic mass is 16.5. The summed E-state index contributed by atoms with van der Waals surface area (Å²) < 4.78 is 6.70. The molecule has 1 N–H and O–H groups in total. The maximum atomic E-state index is 12.9. The van der Waals surface area contributed by atoms with Crippen molar-refractivity contribution in [3.63, 3.8) is 0 Å². The van der Waals surface area contributed by atoms with Crippen LogP contribution in [-0.4, -0.2) is 29.2 Å². The normalized spacial score (nSPS) is 12.4. The number of hydrogen-bond acceptors (Lipinski definition) is 4. The molecule has 0 fully saturated rings. The average Bonchev–Trinajstić information content (AvgIpc) is 2.72. The third-order valence-corrected chi connectivity index (χ3v) is 4.38. The summed E-state index contributed by atoms with van der Waals surface area (Å²) in [7, 11) is 1.58. The maximum absolute atomic E-state index is 12.9. The summed E-state index contributed by atoms with van der Waals surface area (Å²) in [5.74, 6) is 0.249. The number of aromatic nitrogens is 2. The van der Waals surface area contributed by atoms with Crippen LogP contribution in [0, 0.1) is 0 Å². The van der Waals surface area contributed by atoms with Crippen molar-refractivity contribution in [1.29, 1.82) is 0 Å². The van der Waals surface area contributed by atoms with Gasteiger partial charge in [0.25, 0.3) is 5.56 Å². The van der Waals surface area contributed by atoms with Gasteiger partial charge in [-0.15, -0.1) is 0 Å². The Morgan fingerprint density at radius 2 is 1.89 bits per heavy atom. The predicted molar refractivity (Wildman–Crippen MR) is 110 cm³/mol. The molecule has 6 heteroatoms. The molecule has 0 aliphatic rings. The number of methoxy groups -OCH3 is 1. The Labute approximate surface area is 163 Å². The van der Waals surface area contributed by atoms with Crippen LogP contribution in [0.2, 0.25) is 0 Å². The summed E-state index contributed by atoms with van der Waals surface area (Å²) >= 11 is 0. The van der Waals surface area contributed by atoms with E-state index < -0.39 is 6.04 Å². The van der Waals surface area contributed by atoms with Crippen LogP contribution in [-0.2, 0) is 16.1 Å². The number of rotatable bonds is 7. The van der Waals surface area contributed by atoms with Gasteiger partial charge in [-0.1, -0.05) is 42.5 Å². The van der Waals surface area contributed by atoms with Gasteiger partial charge < -0.3 is 10.1 Å². The Bertz CT molecular complexity index is 1040. The molecule has 1 aromatic heterocycles. The fourth-order valence-electron chi connectivity index (χ4n) is 2.98. The Morgan fingerprint density at radius 3 is 2.64 bits per heavy atom. The van der Waals surface area contributed by atoms with Crippen molar-refractivity contribution in [2.24, 2.45) is 0 Å². The van der Waals surface area contributed by atoms with E-state index in [0.29, 0.717) is 29.9 Å². The number of hydrogen-bond donors (Lipinski definition) is 1. The van der Waals surface area contributed by atoms with Crippen molar-refractivity contribution < 1.29 is 9.53 Å². The van der Waals surface area contributed by atoms with Gasteiger partial charge in [0.1, 0.15) is 5.82 Å². The number of fused-ring (bicyclic) bond motifs is 1. The van der Waals surface area contributed by atoms with Gasteiger partial charge in [-0.3, -0.25) is 14.2 Å². The van der Waals surface area contributed by atoms with Gasteiger partial charge in [0.2, 0.25) is 5.91 Å². The van der Waals surface area contributed by atoms with Crippen LogP contribution in [0.5, 0.6) is 0 Å². The van der Waals surface area contributed by atoms with Gasteiger partial charge in [-0.05, 0) is 30.7 Å². The highest BCUT2D eigenvalue weighted by Gasteiger charge is 2.17. The molecule has 3 rings (SSSR count). The van der Waals surface area contributed by atoms with Crippen LogP contribution < -0.4 is 10.9 Å². The van der Waals surface area contributed by atoms with E-state index >= 15 is 0 Å². The molecular weight excluding hydrogens is 354 g/mol. The smallest absolute Gasteiger partial charge is 0.261 e. The van der Waals surface area contributed by atoms with E-state index in [2.05, 4.69) is 10.3 Å². The van der Waals surface area contributed by atoms with E-state index in [1.807, 2.05) is 49.4 Å². The largest absolute Gasteiger partial charge is 0.383 e. The number of nitrogens with one attached hydrogen (secondary N) is 1. The Hall–Kier alpha value is -3.25. The molecule has 0 bridgehead atoms. The van der Waals surface area contributed by atoms with Crippen molar-refractivity contribution in [1.82, 2.24) is 14.9 Å². The Balaban J connectivity index is 1.87. The molecule has 6 nitrogen and oxygen atoms in total. The number of ether oxygens (including phenoxy) is 1. The molecule has 2 aromatic carbocycles. The summed E-state index contributed by atoms with van der Waals surface area (Å²) in [6, 6.07) is 16.3. The van der Waals surface area contributed by atoms with Crippen LogP contribution in [0.1, 0.15) is 24.4 Å². The second kappa shape index (κ2) is 9.10. The summed E-state index contributed by atoms with van der Waals surface area (Å²) in [6.07, 6.45) is 3.22. The zero-order chi connectivity index (χ0) is 19.9. The minimum atomic E-state index is -0.443. The lowest BCUT2D eigenvalue weighted by Gasteiger charge is -2.19. The minimum Gasteiger partial charge on any atom is -0.383 e. The highest BCUT2D eigenvalue weighted by Crippen LogP contribution is 2.14. The first-order valence-corrected chi connectivity index (χ1v) is 9.12. The van der Waals surface area contributed by atoms with E-state index in [4.69, 9.17) is 4.74 Å². The lowest BCUT2D eigenvalue weighted by molar-refractivity contribution is -0.117. The number of benzene rings is 2. The van der Waals surface area contributed by atoms with Crippen LogP contribution in [0.3, 0.4) is 0 Å². The summed E-state index contributed by atoms with van der Waals surface area (Å²) in [4.78, 5) is 29.9. The quantitative estimate of drug-likeness (QED) is 0.643. The fraction of sp³-hybridized carbons (Fsp3) is 0.227. The molecule has 1 atom stereocenters. The second-order valence-corrected chi connectivity index (χ2v) is 6.41. The van der Waals surface area contributed by atoms with Gasteiger partial charge in [0, 0.05) is 13.2 Å². The van der Waals surface area contributed by atoms with Crippen molar-refractivity contribution in [2.45, 2.75) is 19.5 Å². The lowest BCUT2D eigenvalue weighted by atomic mass is 10.2. The molecule has 0 aliphatic heterocycles. The molecule has 3 aromatic rings. The average molecular weight is 377 g/mol. The zero-order valence-corrected chi connectivity index (χ0v) is 16.0. The zero-order valence-electron chi connectivity index (χ0n) is 16.0. The first-order chi connectivity index (χ1) is 13.6. The third-order valence-electron chi connectivity index (χ3n) is 4.38. The van der Waals surface area contributed by atoms with Gasteiger partial charge in [0.05, 0.1) is 30.1 Å². The number of para-hydroxylation sites is 1. The van der Waals surface area contributed by atoms with Crippen LogP contribution in [0.15, 0.2) is 65.5 Å². The Kier molecular flexibility index (Phi) is 6.34. The van der Waals surface area contributed by atoms with Crippen molar-refractivity contribution >= 4 is 22.9 Å². The molecule has 1 unspecified atom stereocenters. The van der Waals surface area contributed by atoms with Gasteiger partial charge in [-0.25, -0.2) is 4.98 Å². The van der Waals surface area contributed by atoms with Crippen LogP contribution in [0.25, 0.3) is 17.0 Å². The molecule has 144 valence electrons. The van der Waals surface area contributed by atoms with Gasteiger partial charge >= 0.3 is 0 Å². The number of carbonyl (C=O) groups excluding carboxylic acids is 1. The predicted octanol–water partition coefficient (Wildman–Crippen LogP) is 2.93. The van der Waals surface area contributed by atoms with Gasteiger partial charge in [-0.2, -0.15) is 0 Å². The topological polar surface area (TPSA) is 73.2 Å². The molecular formula is C22H23N3O3. The first kappa shape index (κ1) is 19.5. The maximum Gasteiger partial charge on any atom is 0.261 e. The van der Waals surface area contributed by atoms with E-state index in [0.717, 1.165) is 5.56 Å². The standard InChI is InChI=1S/C22H23N3O3/c1-16(23-20(26)13-12-17-8-4-3-5-9-17)21-24-19-11-7-6-10-18(19)22(27)25(21)14-15-28-2/h3-13,16H,14-15H2,1-2H3,(H,23,26)/b13-12+. The van der Waals surface area contributed by atoms with E-state index in [9.17, 15) is 9.59 Å². The second-order valence-electron chi connectivity index (χ2n) is 6.41. The van der Waals surface area contributed by atoms with E-state index in [-0.39, 0.29) is 11.5 Å². The summed E-state index contributed by atoms with van der Waals surface area (Å²) in [6.45, 7) is 2.55. The minimum absolute atomic E-state index is 0.140. The molecule has 0 aliphatic carbocycles. The number of nitrogens with zero attached hydrogens (tertiary/aromatic N) is 2. The lowest BCUT2D eigenvalue weighted by Crippen LogP contribution is -2.34. The van der Waals surface area contributed by atoms with Crippen LogP contribution in [0.4, 0.5) is 0 Å². The van der Waals surface area contributed by atoms with E-state index in [1.54, 1.807) is 29.9 Å². The fourth-order valence-corrected chi connectivity index (χ4v) is 2.98. The van der Waals surface area contributed by atoms with E-state index in [1.165, 1.54) is 6.08 Å². The molecule has 0 spiro atoms. The summed E-state index contributed by atoms with van der Waals surface area (Å²) in [5, 5.41) is 3.43. The molecule has 0 saturated carbocycles. The van der Waals surface area contributed by atoms with Crippen molar-refractivity contribution in [3.05, 3.63) is 82.4 Å². The molecule has 28 heavy (non-hydrogen) atoms. The monoisotopic (exact) mass is 377 g/mol. The van der Waals surface area contributed by atoms with Crippen molar-refractivity contribution in [2.75, 3.05) is 13.7 Å². The SMILES string of the molecule is COCCn1c(C(C)NC(=O)/C=C/c2ccccc2)nc2ccccc2c1=O. The number of carbonyl (C=O) groups is 1. The Morgan fingerprint density at radius 1 is 1.18 bits per heavy atom. The third kappa shape index (κ3) is 4.53. The van der Waals surface area contributed by atoms with Crippen molar-refractivity contribution in [3.8, 4) is 0 Å². The molecule has 0 saturated heterocycles. The first-order valence-electron chi connectivity index (χ1n) is 9.12. The van der Waals surface area contributed by atoms with Gasteiger partial charge in [0.15, 0.2) is 0 Å².